The van der Waals surface area contributed by atoms with Gasteiger partial charge in [-0.05, 0) is 24.3 Å². The molecule has 2 aromatic rings. The van der Waals surface area contributed by atoms with Crippen molar-refractivity contribution in [3.8, 4) is 0 Å². The fourth-order valence-electron chi connectivity index (χ4n) is 1.50. The first-order chi connectivity index (χ1) is 8.49. The zero-order valence-corrected chi connectivity index (χ0v) is 10.7. The molecular formula is C12H10Cl2FN3. The maximum absolute atomic E-state index is 13.9. The average Bonchev–Trinajstić information content (AvgIpc) is 2.32. The van der Waals surface area contributed by atoms with E-state index in [1.54, 1.807) is 24.3 Å². The van der Waals surface area contributed by atoms with E-state index >= 15 is 0 Å². The van der Waals surface area contributed by atoms with Crippen LogP contribution in [0.2, 0.25) is 10.0 Å². The monoisotopic (exact) mass is 285 g/mol. The molecule has 0 saturated carbocycles. The van der Waals surface area contributed by atoms with Gasteiger partial charge in [0.1, 0.15) is 5.02 Å². The van der Waals surface area contributed by atoms with Gasteiger partial charge in [0, 0.05) is 10.7 Å². The van der Waals surface area contributed by atoms with Crippen molar-refractivity contribution in [3.05, 3.63) is 46.2 Å². The van der Waals surface area contributed by atoms with Crippen molar-refractivity contribution >= 4 is 46.0 Å². The molecule has 0 radical (unpaired) electrons. The normalized spacial score (nSPS) is 10.4. The first-order valence-corrected chi connectivity index (χ1v) is 5.80. The van der Waals surface area contributed by atoms with Crippen LogP contribution in [0.15, 0.2) is 30.3 Å². The number of nitrogens with one attached hydrogen (secondary N) is 1. The Morgan fingerprint density at radius 1 is 1.06 bits per heavy atom. The van der Waals surface area contributed by atoms with Gasteiger partial charge in [0.2, 0.25) is 0 Å². The molecular weight excluding hydrogens is 276 g/mol. The van der Waals surface area contributed by atoms with Crippen LogP contribution < -0.4 is 16.8 Å². The fourth-order valence-corrected chi connectivity index (χ4v) is 1.84. The molecule has 0 aliphatic carbocycles. The summed E-state index contributed by atoms with van der Waals surface area (Å²) >= 11 is 11.6. The molecule has 0 fully saturated rings. The van der Waals surface area contributed by atoms with E-state index in [4.69, 9.17) is 34.7 Å². The highest BCUT2D eigenvalue weighted by molar-refractivity contribution is 6.33. The standard InChI is InChI=1S/C12H10Cl2FN3/c13-6-2-1-3-7(4-6)18-12-9(17)5-8(16)10(14)11(12)15/h1-5,18H,16-17H2. The second-order valence-corrected chi connectivity index (χ2v) is 4.51. The lowest BCUT2D eigenvalue weighted by Crippen LogP contribution is -2.02. The Balaban J connectivity index is 2.44. The minimum Gasteiger partial charge on any atom is -0.397 e. The number of halogens is 3. The Morgan fingerprint density at radius 2 is 1.78 bits per heavy atom. The van der Waals surface area contributed by atoms with E-state index in [0.717, 1.165) is 0 Å². The van der Waals surface area contributed by atoms with Crippen molar-refractivity contribution in [2.24, 2.45) is 0 Å². The maximum Gasteiger partial charge on any atom is 0.169 e. The Labute approximate surface area is 113 Å². The molecule has 0 bridgehead atoms. The third-order valence-corrected chi connectivity index (χ3v) is 2.98. The Hall–Kier alpha value is -1.65. The van der Waals surface area contributed by atoms with E-state index < -0.39 is 5.82 Å². The van der Waals surface area contributed by atoms with E-state index in [1.807, 2.05) is 0 Å². The summed E-state index contributed by atoms with van der Waals surface area (Å²) in [5.41, 5.74) is 12.2. The molecule has 0 heterocycles. The van der Waals surface area contributed by atoms with Gasteiger partial charge in [0.25, 0.3) is 0 Å². The second kappa shape index (κ2) is 4.92. The largest absolute Gasteiger partial charge is 0.397 e. The number of benzene rings is 2. The van der Waals surface area contributed by atoms with E-state index in [-0.39, 0.29) is 22.1 Å². The van der Waals surface area contributed by atoms with Gasteiger partial charge in [0.05, 0.1) is 17.1 Å². The number of nitrogen functional groups attached to an aromatic ring is 2. The maximum atomic E-state index is 13.9. The molecule has 0 saturated heterocycles. The van der Waals surface area contributed by atoms with Crippen molar-refractivity contribution in [2.75, 3.05) is 16.8 Å². The second-order valence-electron chi connectivity index (χ2n) is 3.69. The summed E-state index contributed by atoms with van der Waals surface area (Å²) in [4.78, 5) is 0. The molecule has 0 aromatic heterocycles. The van der Waals surface area contributed by atoms with E-state index in [0.29, 0.717) is 10.7 Å². The molecule has 0 aliphatic heterocycles. The lowest BCUT2D eigenvalue weighted by molar-refractivity contribution is 0.633. The predicted molar refractivity (Wildman–Crippen MR) is 75.0 cm³/mol. The summed E-state index contributed by atoms with van der Waals surface area (Å²) in [6, 6.07) is 8.22. The summed E-state index contributed by atoms with van der Waals surface area (Å²) in [6.07, 6.45) is 0. The highest BCUT2D eigenvalue weighted by Crippen LogP contribution is 2.35. The molecule has 18 heavy (non-hydrogen) atoms. The van der Waals surface area contributed by atoms with Crippen LogP contribution in [0, 0.1) is 5.82 Å². The Morgan fingerprint density at radius 3 is 2.44 bits per heavy atom. The molecule has 0 aliphatic rings. The minimum atomic E-state index is -0.686. The molecule has 94 valence electrons. The van der Waals surface area contributed by atoms with E-state index in [9.17, 15) is 4.39 Å². The van der Waals surface area contributed by atoms with Gasteiger partial charge in [-0.1, -0.05) is 29.3 Å². The zero-order chi connectivity index (χ0) is 13.3. The summed E-state index contributed by atoms with van der Waals surface area (Å²) in [6.45, 7) is 0. The van der Waals surface area contributed by atoms with Crippen molar-refractivity contribution < 1.29 is 4.39 Å². The first-order valence-electron chi connectivity index (χ1n) is 5.04. The third kappa shape index (κ3) is 2.44. The van der Waals surface area contributed by atoms with Crippen LogP contribution in [0.5, 0.6) is 0 Å². The van der Waals surface area contributed by atoms with Crippen LogP contribution in [-0.4, -0.2) is 0 Å². The number of nitrogens with two attached hydrogens (primary N) is 2. The van der Waals surface area contributed by atoms with Gasteiger partial charge in [-0.3, -0.25) is 0 Å². The lowest BCUT2D eigenvalue weighted by Gasteiger charge is -2.13. The smallest absolute Gasteiger partial charge is 0.169 e. The van der Waals surface area contributed by atoms with Crippen LogP contribution in [0.1, 0.15) is 0 Å². The van der Waals surface area contributed by atoms with Crippen molar-refractivity contribution in [2.45, 2.75) is 0 Å². The van der Waals surface area contributed by atoms with Crippen LogP contribution in [0.4, 0.5) is 27.1 Å². The first kappa shape index (κ1) is 12.8. The number of hydrogen-bond acceptors (Lipinski definition) is 3. The Kier molecular flexibility index (Phi) is 3.50. The number of rotatable bonds is 2. The topological polar surface area (TPSA) is 64.1 Å². The molecule has 5 N–H and O–H groups in total. The molecule has 0 atom stereocenters. The summed E-state index contributed by atoms with van der Waals surface area (Å²) in [5, 5.41) is 3.19. The van der Waals surface area contributed by atoms with Gasteiger partial charge >= 0.3 is 0 Å². The van der Waals surface area contributed by atoms with Gasteiger partial charge in [-0.25, -0.2) is 4.39 Å². The minimum absolute atomic E-state index is 0.0801. The molecule has 6 heteroatoms. The quantitative estimate of drug-likeness (QED) is 0.730. The predicted octanol–water partition coefficient (Wildman–Crippen LogP) is 4.04. The highest BCUT2D eigenvalue weighted by Gasteiger charge is 2.14. The van der Waals surface area contributed by atoms with Crippen molar-refractivity contribution in [1.82, 2.24) is 0 Å². The summed E-state index contributed by atoms with van der Waals surface area (Å²) < 4.78 is 13.9. The number of anilines is 4. The van der Waals surface area contributed by atoms with Crippen LogP contribution in [0.25, 0.3) is 0 Å². The molecule has 0 unspecified atom stereocenters. The van der Waals surface area contributed by atoms with Crippen LogP contribution in [-0.2, 0) is 0 Å². The SMILES string of the molecule is Nc1cc(N)c(Nc2cccc(Cl)c2)c(F)c1Cl. The average molecular weight is 286 g/mol. The highest BCUT2D eigenvalue weighted by atomic mass is 35.5. The number of hydrogen-bond donors (Lipinski definition) is 3. The lowest BCUT2D eigenvalue weighted by atomic mass is 10.2. The van der Waals surface area contributed by atoms with E-state index in [1.165, 1.54) is 6.07 Å². The summed E-state index contributed by atoms with van der Waals surface area (Å²) in [5.74, 6) is -0.686. The molecule has 3 nitrogen and oxygen atoms in total. The molecule has 2 aromatic carbocycles. The summed E-state index contributed by atoms with van der Waals surface area (Å²) in [7, 11) is 0. The fraction of sp³-hybridized carbons (Fsp3) is 0. The van der Waals surface area contributed by atoms with Gasteiger partial charge in [-0.15, -0.1) is 0 Å². The van der Waals surface area contributed by atoms with Crippen molar-refractivity contribution in [1.29, 1.82) is 0 Å². The molecule has 2 rings (SSSR count). The molecule has 0 amide bonds. The van der Waals surface area contributed by atoms with Gasteiger partial charge in [0.15, 0.2) is 5.82 Å². The van der Waals surface area contributed by atoms with Crippen molar-refractivity contribution in [3.63, 3.8) is 0 Å². The third-order valence-electron chi connectivity index (χ3n) is 2.36. The van der Waals surface area contributed by atoms with Crippen LogP contribution in [0.3, 0.4) is 0 Å². The van der Waals surface area contributed by atoms with Gasteiger partial charge in [-0.2, -0.15) is 0 Å². The van der Waals surface area contributed by atoms with Crippen LogP contribution >= 0.6 is 23.2 Å². The van der Waals surface area contributed by atoms with E-state index in [2.05, 4.69) is 5.32 Å². The molecule has 0 spiro atoms. The van der Waals surface area contributed by atoms with Gasteiger partial charge < -0.3 is 16.8 Å². The Bertz CT molecular complexity index is 602. The zero-order valence-electron chi connectivity index (χ0n) is 9.18.